The summed E-state index contributed by atoms with van der Waals surface area (Å²) in [4.78, 5) is 11.5. The summed E-state index contributed by atoms with van der Waals surface area (Å²) < 4.78 is 4.81. The number of carbonyl (C=O) groups excluding carboxylic acids is 1. The van der Waals surface area contributed by atoms with Crippen LogP contribution in [0.5, 0.6) is 0 Å². The number of ether oxygens (including phenoxy) is 1. The molecule has 0 unspecified atom stereocenters. The Morgan fingerprint density at radius 2 is 2.08 bits per heavy atom. The smallest absolute Gasteiger partial charge is 0.313 e. The van der Waals surface area contributed by atoms with E-state index in [2.05, 4.69) is 0 Å². The third-order valence-corrected chi connectivity index (χ3v) is 3.75. The molecular weight excluding hydrogens is 154 g/mol. The van der Waals surface area contributed by atoms with Crippen molar-refractivity contribution in [2.75, 3.05) is 7.11 Å². The van der Waals surface area contributed by atoms with Gasteiger partial charge in [0.25, 0.3) is 0 Å². The van der Waals surface area contributed by atoms with Crippen LogP contribution in [0.15, 0.2) is 0 Å². The lowest BCUT2D eigenvalue weighted by atomic mass is 9.57. The molecule has 2 rings (SSSR count). The average Bonchev–Trinajstić information content (AvgIpc) is 2.28. The van der Waals surface area contributed by atoms with Crippen molar-refractivity contribution in [1.82, 2.24) is 0 Å². The van der Waals surface area contributed by atoms with Crippen molar-refractivity contribution in [3.63, 3.8) is 0 Å². The fraction of sp³-hybridized carbons (Fsp3) is 0.889. The summed E-state index contributed by atoms with van der Waals surface area (Å²) in [7, 11) is 1.45. The second-order valence-corrected chi connectivity index (χ2v) is 4.08. The molecule has 3 heteroatoms. The van der Waals surface area contributed by atoms with E-state index in [-0.39, 0.29) is 16.9 Å². The zero-order valence-corrected chi connectivity index (χ0v) is 7.43. The third kappa shape index (κ3) is 0.678. The SMILES string of the molecule is COC(=O)[C@@]12CCC[C@]1(N)CC2. The van der Waals surface area contributed by atoms with Crippen molar-refractivity contribution in [2.24, 2.45) is 11.1 Å². The Morgan fingerprint density at radius 3 is 2.50 bits per heavy atom. The van der Waals surface area contributed by atoms with Crippen LogP contribution in [0, 0.1) is 5.41 Å². The molecule has 2 saturated carbocycles. The van der Waals surface area contributed by atoms with Gasteiger partial charge >= 0.3 is 5.97 Å². The number of carbonyl (C=O) groups is 1. The van der Waals surface area contributed by atoms with Crippen LogP contribution in [0.4, 0.5) is 0 Å². The highest BCUT2D eigenvalue weighted by Gasteiger charge is 2.64. The predicted molar refractivity (Wildman–Crippen MR) is 44.5 cm³/mol. The highest BCUT2D eigenvalue weighted by atomic mass is 16.5. The van der Waals surface area contributed by atoms with Gasteiger partial charge in [-0.2, -0.15) is 0 Å². The van der Waals surface area contributed by atoms with Gasteiger partial charge in [0.05, 0.1) is 12.5 Å². The molecule has 2 aliphatic rings. The Labute approximate surface area is 72.3 Å². The van der Waals surface area contributed by atoms with Crippen LogP contribution >= 0.6 is 0 Å². The van der Waals surface area contributed by atoms with E-state index in [1.807, 2.05) is 0 Å². The molecule has 2 N–H and O–H groups in total. The molecule has 2 atom stereocenters. The summed E-state index contributed by atoms with van der Waals surface area (Å²) in [5, 5.41) is 0. The van der Waals surface area contributed by atoms with Gasteiger partial charge in [-0.25, -0.2) is 0 Å². The number of hydrogen-bond donors (Lipinski definition) is 1. The largest absolute Gasteiger partial charge is 0.469 e. The average molecular weight is 169 g/mol. The number of esters is 1. The maximum atomic E-state index is 11.5. The molecule has 68 valence electrons. The summed E-state index contributed by atoms with van der Waals surface area (Å²) in [6, 6.07) is 0. The minimum absolute atomic E-state index is 0.0891. The molecule has 0 aliphatic heterocycles. The topological polar surface area (TPSA) is 52.3 Å². The fourth-order valence-electron chi connectivity index (χ4n) is 2.79. The highest BCUT2D eigenvalue weighted by Crippen LogP contribution is 2.59. The Balaban J connectivity index is 2.26. The van der Waals surface area contributed by atoms with Crippen LogP contribution < -0.4 is 5.73 Å². The normalized spacial score (nSPS) is 44.8. The molecule has 0 spiro atoms. The number of methoxy groups -OCH3 is 1. The van der Waals surface area contributed by atoms with Crippen molar-refractivity contribution in [2.45, 2.75) is 37.6 Å². The van der Waals surface area contributed by atoms with E-state index in [0.29, 0.717) is 0 Å². The molecule has 0 radical (unpaired) electrons. The first kappa shape index (κ1) is 8.05. The first-order valence-corrected chi connectivity index (χ1v) is 4.52. The summed E-state index contributed by atoms with van der Waals surface area (Å²) in [5.74, 6) is -0.0891. The van der Waals surface area contributed by atoms with Crippen LogP contribution in [0.1, 0.15) is 32.1 Å². The fourth-order valence-corrected chi connectivity index (χ4v) is 2.79. The highest BCUT2D eigenvalue weighted by molar-refractivity contribution is 5.80. The van der Waals surface area contributed by atoms with Gasteiger partial charge in [-0.1, -0.05) is 6.42 Å². The van der Waals surface area contributed by atoms with Crippen molar-refractivity contribution in [3.05, 3.63) is 0 Å². The van der Waals surface area contributed by atoms with Crippen LogP contribution in [-0.4, -0.2) is 18.6 Å². The lowest BCUT2D eigenvalue weighted by molar-refractivity contribution is -0.164. The number of rotatable bonds is 1. The van der Waals surface area contributed by atoms with Crippen molar-refractivity contribution in [3.8, 4) is 0 Å². The van der Waals surface area contributed by atoms with Gasteiger partial charge < -0.3 is 10.5 Å². The Kier molecular flexibility index (Phi) is 1.49. The van der Waals surface area contributed by atoms with Gasteiger partial charge in [-0.3, -0.25) is 4.79 Å². The molecule has 0 amide bonds. The van der Waals surface area contributed by atoms with Crippen molar-refractivity contribution in [1.29, 1.82) is 0 Å². The first-order valence-electron chi connectivity index (χ1n) is 4.52. The van der Waals surface area contributed by atoms with E-state index < -0.39 is 0 Å². The lowest BCUT2D eigenvalue weighted by Crippen LogP contribution is -2.63. The molecule has 2 fully saturated rings. The minimum Gasteiger partial charge on any atom is -0.469 e. The number of fused-ring (bicyclic) bond motifs is 1. The summed E-state index contributed by atoms with van der Waals surface area (Å²) in [5.41, 5.74) is 5.59. The van der Waals surface area contributed by atoms with Crippen LogP contribution in [0.3, 0.4) is 0 Å². The molecule has 3 nitrogen and oxygen atoms in total. The second-order valence-electron chi connectivity index (χ2n) is 4.08. The van der Waals surface area contributed by atoms with Crippen LogP contribution in [0.2, 0.25) is 0 Å². The summed E-state index contributed by atoms with van der Waals surface area (Å²) in [6.07, 6.45) is 4.90. The third-order valence-electron chi connectivity index (χ3n) is 3.75. The van der Waals surface area contributed by atoms with Gasteiger partial charge in [0.15, 0.2) is 0 Å². The van der Waals surface area contributed by atoms with E-state index in [1.165, 1.54) is 7.11 Å². The lowest BCUT2D eigenvalue weighted by Gasteiger charge is -2.50. The molecular formula is C9H15NO2. The van der Waals surface area contributed by atoms with E-state index in [0.717, 1.165) is 32.1 Å². The Morgan fingerprint density at radius 1 is 1.33 bits per heavy atom. The van der Waals surface area contributed by atoms with Crippen LogP contribution in [-0.2, 0) is 9.53 Å². The van der Waals surface area contributed by atoms with Crippen molar-refractivity contribution < 1.29 is 9.53 Å². The number of hydrogen-bond acceptors (Lipinski definition) is 3. The minimum atomic E-state index is -0.304. The molecule has 12 heavy (non-hydrogen) atoms. The summed E-state index contributed by atoms with van der Waals surface area (Å²) in [6.45, 7) is 0. The van der Waals surface area contributed by atoms with Gasteiger partial charge in [-0.05, 0) is 25.7 Å². The molecule has 0 aromatic carbocycles. The predicted octanol–water partition coefficient (Wildman–Crippen LogP) is 0.821. The Hall–Kier alpha value is -0.570. The van der Waals surface area contributed by atoms with E-state index in [9.17, 15) is 4.79 Å². The second kappa shape index (κ2) is 2.22. The summed E-state index contributed by atoms with van der Waals surface area (Å²) >= 11 is 0. The first-order chi connectivity index (χ1) is 5.65. The quantitative estimate of drug-likeness (QED) is 0.591. The van der Waals surface area contributed by atoms with Gasteiger partial charge in [0.2, 0.25) is 0 Å². The zero-order chi connectivity index (χ0) is 8.82. The number of nitrogens with two attached hydrogens (primary N) is 1. The van der Waals surface area contributed by atoms with E-state index >= 15 is 0 Å². The molecule has 0 aromatic rings. The van der Waals surface area contributed by atoms with Crippen LogP contribution in [0.25, 0.3) is 0 Å². The molecule has 0 saturated heterocycles. The van der Waals surface area contributed by atoms with Gasteiger partial charge in [-0.15, -0.1) is 0 Å². The molecule has 0 heterocycles. The maximum Gasteiger partial charge on any atom is 0.313 e. The van der Waals surface area contributed by atoms with E-state index in [1.54, 1.807) is 0 Å². The van der Waals surface area contributed by atoms with Crippen molar-refractivity contribution >= 4 is 5.97 Å². The van der Waals surface area contributed by atoms with E-state index in [4.69, 9.17) is 10.5 Å². The molecule has 2 aliphatic carbocycles. The maximum absolute atomic E-state index is 11.5. The van der Waals surface area contributed by atoms with Gasteiger partial charge in [0, 0.05) is 5.54 Å². The monoisotopic (exact) mass is 169 g/mol. The Bertz CT molecular complexity index is 229. The zero-order valence-electron chi connectivity index (χ0n) is 7.43. The van der Waals surface area contributed by atoms with Gasteiger partial charge in [0.1, 0.15) is 0 Å². The molecule has 0 aromatic heterocycles. The standard InChI is InChI=1S/C9H15NO2/c1-12-7(11)8-3-2-4-9(8,10)6-5-8/h2-6,10H2,1H3/t8-,9-/m0/s1. The molecule has 0 bridgehead atoms.